The molecule has 2 aromatic heterocycles. The van der Waals surface area contributed by atoms with E-state index in [4.69, 9.17) is 9.47 Å². The predicted octanol–water partition coefficient (Wildman–Crippen LogP) is 3.98. The van der Waals surface area contributed by atoms with E-state index < -0.39 is 0 Å². The molecule has 0 radical (unpaired) electrons. The molecule has 0 fully saturated rings. The first-order valence-corrected chi connectivity index (χ1v) is 16.0. The lowest BCUT2D eigenvalue weighted by atomic mass is 10.00. The summed E-state index contributed by atoms with van der Waals surface area (Å²) in [6, 6.07) is 19.7. The lowest BCUT2D eigenvalue weighted by Gasteiger charge is -2.32. The van der Waals surface area contributed by atoms with Crippen molar-refractivity contribution in [1.82, 2.24) is 18.9 Å². The van der Waals surface area contributed by atoms with Crippen LogP contribution in [-0.2, 0) is 39.0 Å². The van der Waals surface area contributed by atoms with Gasteiger partial charge in [0, 0.05) is 69.3 Å². The highest BCUT2D eigenvalue weighted by molar-refractivity contribution is 5.44. The molecule has 0 amide bonds. The van der Waals surface area contributed by atoms with Gasteiger partial charge in [0.2, 0.25) is 17.7 Å². The van der Waals surface area contributed by atoms with Crippen LogP contribution in [0.2, 0.25) is 0 Å². The highest BCUT2D eigenvalue weighted by atomic mass is 16.7. The lowest BCUT2D eigenvalue weighted by Crippen LogP contribution is -2.37. The van der Waals surface area contributed by atoms with Gasteiger partial charge in [0.25, 0.3) is 0 Å². The number of rotatable bonds is 8. The summed E-state index contributed by atoms with van der Waals surface area (Å²) < 4.78 is 14.7. The van der Waals surface area contributed by atoms with Gasteiger partial charge in [0.15, 0.2) is 23.0 Å². The number of pyridine rings is 2. The van der Waals surface area contributed by atoms with Crippen molar-refractivity contribution in [1.29, 1.82) is 0 Å². The number of benzene rings is 2. The quantitative estimate of drug-likeness (QED) is 0.303. The molecular weight excluding hydrogens is 584 g/mol. The van der Waals surface area contributed by atoms with E-state index in [-0.39, 0.29) is 22.4 Å². The van der Waals surface area contributed by atoms with Gasteiger partial charge < -0.3 is 28.8 Å². The molecule has 0 aliphatic carbocycles. The molecule has 0 saturated heterocycles. The Hall–Kier alpha value is -4.54. The van der Waals surface area contributed by atoms with E-state index in [2.05, 4.69) is 53.1 Å². The standard InChI is InChI=1S/C19H22N2O4.C17H20N2O2/c1-13(6-14-2-3-18-19(7-14)25-12-24-18)9-20-4-5-21-11-17(23)16(22)8-15(21)10-20;20-16-11-15-12-18(9-10-19(15)13-17(16)21)8-4-7-14-5-2-1-3-6-14/h2-3,7-8,11,13,23H,4-6,9-10,12H2,1H3;1-3,5-6,11,13,21H,4,7-10,12H2. The maximum atomic E-state index is 11.7. The summed E-state index contributed by atoms with van der Waals surface area (Å²) in [7, 11) is 0. The molecule has 1 atom stereocenters. The van der Waals surface area contributed by atoms with Crippen LogP contribution in [0.4, 0.5) is 0 Å². The first-order chi connectivity index (χ1) is 22.3. The smallest absolute Gasteiger partial charge is 0.231 e. The molecule has 3 aliphatic heterocycles. The molecule has 0 bridgehead atoms. The zero-order valence-corrected chi connectivity index (χ0v) is 26.3. The molecule has 2 N–H and O–H groups in total. The van der Waals surface area contributed by atoms with Gasteiger partial charge in [-0.2, -0.15) is 0 Å². The minimum absolute atomic E-state index is 0.156. The van der Waals surface area contributed by atoms with Gasteiger partial charge in [-0.25, -0.2) is 0 Å². The van der Waals surface area contributed by atoms with Crippen LogP contribution in [-0.4, -0.2) is 62.1 Å². The van der Waals surface area contributed by atoms with Crippen molar-refractivity contribution >= 4 is 0 Å². The molecule has 4 aromatic rings. The van der Waals surface area contributed by atoms with Gasteiger partial charge in [-0.15, -0.1) is 0 Å². The maximum Gasteiger partial charge on any atom is 0.231 e. The fourth-order valence-corrected chi connectivity index (χ4v) is 6.48. The third-order valence-electron chi connectivity index (χ3n) is 8.85. The Morgan fingerprint density at radius 1 is 0.739 bits per heavy atom. The fraction of sp³-hybridized carbons (Fsp3) is 0.389. The zero-order chi connectivity index (χ0) is 32.0. The molecule has 0 spiro atoms. The average Bonchev–Trinajstić information content (AvgIpc) is 3.51. The summed E-state index contributed by atoms with van der Waals surface area (Å²) in [4.78, 5) is 27.9. The van der Waals surface area contributed by atoms with E-state index in [1.807, 2.05) is 21.3 Å². The summed E-state index contributed by atoms with van der Waals surface area (Å²) in [5.74, 6) is 1.80. The molecule has 3 aliphatic rings. The third kappa shape index (κ3) is 7.81. The van der Waals surface area contributed by atoms with Gasteiger partial charge in [-0.05, 0) is 55.0 Å². The third-order valence-corrected chi connectivity index (χ3v) is 8.85. The molecule has 46 heavy (non-hydrogen) atoms. The topological polar surface area (TPSA) is 109 Å². The molecule has 10 heteroatoms. The molecule has 242 valence electrons. The number of ether oxygens (including phenoxy) is 2. The van der Waals surface area contributed by atoms with Crippen molar-refractivity contribution in [3.05, 3.63) is 116 Å². The van der Waals surface area contributed by atoms with E-state index in [1.165, 1.54) is 11.1 Å². The van der Waals surface area contributed by atoms with Crippen LogP contribution in [0.3, 0.4) is 0 Å². The summed E-state index contributed by atoms with van der Waals surface area (Å²) in [6.45, 7) is 9.55. The van der Waals surface area contributed by atoms with Crippen molar-refractivity contribution in [3.8, 4) is 23.0 Å². The summed E-state index contributed by atoms with van der Waals surface area (Å²) in [5.41, 5.74) is 3.98. The van der Waals surface area contributed by atoms with Crippen molar-refractivity contribution < 1.29 is 19.7 Å². The Labute approximate surface area is 268 Å². The molecule has 10 nitrogen and oxygen atoms in total. The molecule has 7 rings (SSSR count). The van der Waals surface area contributed by atoms with Crippen molar-refractivity contribution in [2.75, 3.05) is 33.0 Å². The Morgan fingerprint density at radius 2 is 1.37 bits per heavy atom. The molecular formula is C36H42N4O6. The van der Waals surface area contributed by atoms with Crippen LogP contribution in [0.15, 0.2) is 82.6 Å². The SMILES string of the molecule is CC(Cc1ccc2c(c1)OCO2)CN1CCn2cc(O)c(=O)cc2C1.O=c1cc2n(cc1O)CCN(CCCc1ccccc1)C2. The molecule has 0 saturated carbocycles. The molecule has 2 aromatic carbocycles. The van der Waals surface area contributed by atoms with Crippen LogP contribution >= 0.6 is 0 Å². The Balaban J connectivity index is 0.000000164. The van der Waals surface area contributed by atoms with E-state index in [9.17, 15) is 19.8 Å². The number of hydrogen-bond acceptors (Lipinski definition) is 8. The van der Waals surface area contributed by atoms with Crippen LogP contribution in [0.1, 0.15) is 35.9 Å². The monoisotopic (exact) mass is 626 g/mol. The van der Waals surface area contributed by atoms with E-state index in [0.29, 0.717) is 12.7 Å². The normalized spacial score (nSPS) is 16.2. The molecule has 5 heterocycles. The van der Waals surface area contributed by atoms with Gasteiger partial charge in [-0.3, -0.25) is 19.4 Å². The minimum Gasteiger partial charge on any atom is -0.503 e. The lowest BCUT2D eigenvalue weighted by molar-refractivity contribution is 0.174. The van der Waals surface area contributed by atoms with Crippen LogP contribution in [0, 0.1) is 5.92 Å². The number of fused-ring (bicyclic) bond motifs is 3. The summed E-state index contributed by atoms with van der Waals surface area (Å²) in [5, 5.41) is 19.0. The van der Waals surface area contributed by atoms with Crippen molar-refractivity contribution in [2.24, 2.45) is 5.92 Å². The second-order valence-electron chi connectivity index (χ2n) is 12.5. The van der Waals surface area contributed by atoms with E-state index in [1.54, 1.807) is 24.5 Å². The first kappa shape index (κ1) is 31.4. The second-order valence-corrected chi connectivity index (χ2v) is 12.5. The van der Waals surface area contributed by atoms with Gasteiger partial charge in [-0.1, -0.05) is 43.3 Å². The van der Waals surface area contributed by atoms with E-state index in [0.717, 1.165) is 94.5 Å². The number of aromatic hydroxyl groups is 2. The largest absolute Gasteiger partial charge is 0.503 e. The highest BCUT2D eigenvalue weighted by Crippen LogP contribution is 2.33. The Kier molecular flexibility index (Phi) is 9.75. The maximum absolute atomic E-state index is 11.7. The van der Waals surface area contributed by atoms with Crippen LogP contribution in [0.25, 0.3) is 0 Å². The van der Waals surface area contributed by atoms with Gasteiger partial charge in [0.1, 0.15) is 0 Å². The number of hydrogen-bond donors (Lipinski definition) is 2. The van der Waals surface area contributed by atoms with Gasteiger partial charge >= 0.3 is 0 Å². The van der Waals surface area contributed by atoms with Crippen molar-refractivity contribution in [3.63, 3.8) is 0 Å². The number of aromatic nitrogens is 2. The first-order valence-electron chi connectivity index (χ1n) is 16.0. The van der Waals surface area contributed by atoms with Crippen LogP contribution < -0.4 is 20.3 Å². The van der Waals surface area contributed by atoms with Gasteiger partial charge in [0.05, 0.1) is 12.4 Å². The van der Waals surface area contributed by atoms with E-state index >= 15 is 0 Å². The summed E-state index contributed by atoms with van der Waals surface area (Å²) >= 11 is 0. The predicted molar refractivity (Wildman–Crippen MR) is 175 cm³/mol. The van der Waals surface area contributed by atoms with Crippen LogP contribution in [0.5, 0.6) is 23.0 Å². The zero-order valence-electron chi connectivity index (χ0n) is 26.3. The minimum atomic E-state index is -0.304. The Morgan fingerprint density at radius 3 is 2.07 bits per heavy atom. The summed E-state index contributed by atoms with van der Waals surface area (Å²) in [6.07, 6.45) is 6.27. The number of aryl methyl sites for hydroxylation is 1. The fourth-order valence-electron chi connectivity index (χ4n) is 6.48. The Bertz CT molecular complexity index is 1770. The number of nitrogens with zero attached hydrogens (tertiary/aromatic N) is 4. The average molecular weight is 627 g/mol. The van der Waals surface area contributed by atoms with Crippen molar-refractivity contribution in [2.45, 2.75) is 52.4 Å². The highest BCUT2D eigenvalue weighted by Gasteiger charge is 2.20. The molecule has 1 unspecified atom stereocenters. The second kappa shape index (κ2) is 14.3.